The standard InChI is InChI=1S/C18H21N5O3/c1-26-15-4-2-3-12(7-15)18(25)22-9-13-5-6-14(10-22)23(13)17(24)8-16-19-11-20-21-16/h2-4,7,11,13-14H,5-6,8-10H2,1H3,(H,19,20,21). The highest BCUT2D eigenvalue weighted by molar-refractivity contribution is 5.95. The number of rotatable bonds is 4. The van der Waals surface area contributed by atoms with Gasteiger partial charge in [-0.2, -0.15) is 5.10 Å². The SMILES string of the molecule is COc1cccc(C(=O)N2CC3CCC(C2)N3C(=O)Cc2ncn[nH]2)c1. The van der Waals surface area contributed by atoms with Crippen LogP contribution in [0, 0.1) is 0 Å². The number of aromatic nitrogens is 3. The number of carbonyl (C=O) groups excluding carboxylic acids is 2. The summed E-state index contributed by atoms with van der Waals surface area (Å²) in [7, 11) is 1.59. The van der Waals surface area contributed by atoms with Gasteiger partial charge in [-0.05, 0) is 31.0 Å². The fraction of sp³-hybridized carbons (Fsp3) is 0.444. The number of nitrogens with zero attached hydrogens (tertiary/aromatic N) is 4. The Kier molecular flexibility index (Phi) is 4.32. The Morgan fingerprint density at radius 1 is 1.27 bits per heavy atom. The average Bonchev–Trinajstić information content (AvgIpc) is 3.26. The third-order valence-corrected chi connectivity index (χ3v) is 5.16. The summed E-state index contributed by atoms with van der Waals surface area (Å²) in [6.45, 7) is 1.13. The lowest BCUT2D eigenvalue weighted by molar-refractivity contribution is -0.135. The van der Waals surface area contributed by atoms with E-state index >= 15 is 0 Å². The lowest BCUT2D eigenvalue weighted by Gasteiger charge is -2.41. The van der Waals surface area contributed by atoms with Gasteiger partial charge in [0.15, 0.2) is 0 Å². The number of piperazine rings is 1. The number of aromatic amines is 1. The van der Waals surface area contributed by atoms with Gasteiger partial charge in [0.05, 0.1) is 13.5 Å². The van der Waals surface area contributed by atoms with E-state index in [-0.39, 0.29) is 30.3 Å². The zero-order valence-electron chi connectivity index (χ0n) is 14.6. The predicted octanol–water partition coefficient (Wildman–Crippen LogP) is 0.871. The first-order valence-corrected chi connectivity index (χ1v) is 8.74. The van der Waals surface area contributed by atoms with Gasteiger partial charge in [0.25, 0.3) is 5.91 Å². The van der Waals surface area contributed by atoms with Crippen molar-refractivity contribution in [1.82, 2.24) is 25.0 Å². The van der Waals surface area contributed by atoms with Crippen molar-refractivity contribution in [2.75, 3.05) is 20.2 Å². The van der Waals surface area contributed by atoms with Crippen LogP contribution in [0.1, 0.15) is 29.0 Å². The van der Waals surface area contributed by atoms with Crippen LogP contribution in [-0.4, -0.2) is 69.1 Å². The van der Waals surface area contributed by atoms with Crippen LogP contribution >= 0.6 is 0 Å². The van der Waals surface area contributed by atoms with Crippen molar-refractivity contribution in [2.24, 2.45) is 0 Å². The fourth-order valence-corrected chi connectivity index (χ4v) is 3.97. The number of hydrogen-bond donors (Lipinski definition) is 1. The lowest BCUT2D eigenvalue weighted by Crippen LogP contribution is -2.57. The highest BCUT2D eigenvalue weighted by Gasteiger charge is 2.43. The summed E-state index contributed by atoms with van der Waals surface area (Å²) in [5.74, 6) is 1.27. The van der Waals surface area contributed by atoms with Gasteiger partial charge in [0, 0.05) is 30.7 Å². The molecule has 4 rings (SSSR count). The van der Waals surface area contributed by atoms with Crippen LogP contribution in [0.3, 0.4) is 0 Å². The molecule has 2 fully saturated rings. The molecule has 2 amide bonds. The first-order valence-electron chi connectivity index (χ1n) is 8.74. The molecule has 0 spiro atoms. The van der Waals surface area contributed by atoms with Crippen LogP contribution in [0.4, 0.5) is 0 Å². The number of fused-ring (bicyclic) bond motifs is 2. The van der Waals surface area contributed by atoms with Crippen LogP contribution in [0.25, 0.3) is 0 Å². The first kappa shape index (κ1) is 16.6. The molecule has 0 saturated carbocycles. The van der Waals surface area contributed by atoms with E-state index in [1.54, 1.807) is 19.2 Å². The Balaban J connectivity index is 1.46. The van der Waals surface area contributed by atoms with E-state index in [9.17, 15) is 9.59 Å². The summed E-state index contributed by atoms with van der Waals surface area (Å²) in [5, 5.41) is 6.52. The topological polar surface area (TPSA) is 91.4 Å². The quantitative estimate of drug-likeness (QED) is 0.879. The van der Waals surface area contributed by atoms with Crippen molar-refractivity contribution in [2.45, 2.75) is 31.3 Å². The maximum atomic E-state index is 12.9. The van der Waals surface area contributed by atoms with Gasteiger partial charge in [0.1, 0.15) is 17.9 Å². The monoisotopic (exact) mass is 355 g/mol. The Morgan fingerprint density at radius 2 is 2.04 bits per heavy atom. The molecule has 2 bridgehead atoms. The molecule has 8 heteroatoms. The van der Waals surface area contributed by atoms with Gasteiger partial charge in [-0.3, -0.25) is 14.7 Å². The molecule has 2 saturated heterocycles. The lowest BCUT2D eigenvalue weighted by atomic mass is 10.1. The van der Waals surface area contributed by atoms with Crippen molar-refractivity contribution in [3.63, 3.8) is 0 Å². The van der Waals surface area contributed by atoms with Crippen LogP contribution in [0.5, 0.6) is 5.75 Å². The second kappa shape index (κ2) is 6.78. The van der Waals surface area contributed by atoms with E-state index in [0.29, 0.717) is 30.2 Å². The largest absolute Gasteiger partial charge is 0.497 e. The fourth-order valence-electron chi connectivity index (χ4n) is 3.97. The summed E-state index contributed by atoms with van der Waals surface area (Å²) < 4.78 is 5.21. The predicted molar refractivity (Wildman–Crippen MR) is 92.6 cm³/mol. The van der Waals surface area contributed by atoms with Crippen molar-refractivity contribution in [3.8, 4) is 5.75 Å². The third kappa shape index (κ3) is 3.02. The second-order valence-corrected chi connectivity index (χ2v) is 6.74. The Hall–Kier alpha value is -2.90. The van der Waals surface area contributed by atoms with Gasteiger partial charge in [-0.1, -0.05) is 6.07 Å². The molecule has 2 aromatic rings. The van der Waals surface area contributed by atoms with Gasteiger partial charge < -0.3 is 14.5 Å². The Labute approximate surface area is 151 Å². The molecule has 0 radical (unpaired) electrons. The van der Waals surface area contributed by atoms with E-state index in [1.165, 1.54) is 6.33 Å². The summed E-state index contributed by atoms with van der Waals surface area (Å²) in [6, 6.07) is 7.33. The van der Waals surface area contributed by atoms with Gasteiger partial charge in [-0.15, -0.1) is 0 Å². The summed E-state index contributed by atoms with van der Waals surface area (Å²) in [5.41, 5.74) is 0.616. The Bertz CT molecular complexity index is 793. The third-order valence-electron chi connectivity index (χ3n) is 5.16. The molecule has 136 valence electrons. The number of nitrogens with one attached hydrogen (secondary N) is 1. The smallest absolute Gasteiger partial charge is 0.254 e. The van der Waals surface area contributed by atoms with Gasteiger partial charge in [0.2, 0.25) is 5.91 Å². The highest BCUT2D eigenvalue weighted by Crippen LogP contribution is 2.31. The number of benzene rings is 1. The zero-order chi connectivity index (χ0) is 18.1. The van der Waals surface area contributed by atoms with Crippen molar-refractivity contribution in [1.29, 1.82) is 0 Å². The van der Waals surface area contributed by atoms with E-state index < -0.39 is 0 Å². The Morgan fingerprint density at radius 3 is 2.69 bits per heavy atom. The van der Waals surface area contributed by atoms with Crippen LogP contribution in [0.15, 0.2) is 30.6 Å². The zero-order valence-corrected chi connectivity index (χ0v) is 14.6. The van der Waals surface area contributed by atoms with Crippen molar-refractivity contribution >= 4 is 11.8 Å². The molecule has 8 nitrogen and oxygen atoms in total. The summed E-state index contributed by atoms with van der Waals surface area (Å²) in [6.07, 6.45) is 3.47. The molecule has 2 unspecified atom stereocenters. The summed E-state index contributed by atoms with van der Waals surface area (Å²) >= 11 is 0. The van der Waals surface area contributed by atoms with Crippen LogP contribution in [0.2, 0.25) is 0 Å². The van der Waals surface area contributed by atoms with E-state index in [1.807, 2.05) is 21.9 Å². The number of hydrogen-bond acceptors (Lipinski definition) is 5. The maximum absolute atomic E-state index is 12.9. The maximum Gasteiger partial charge on any atom is 0.254 e. The highest BCUT2D eigenvalue weighted by atomic mass is 16.5. The minimum Gasteiger partial charge on any atom is -0.497 e. The number of amides is 2. The molecule has 1 N–H and O–H groups in total. The van der Waals surface area contributed by atoms with Crippen LogP contribution < -0.4 is 4.74 Å². The van der Waals surface area contributed by atoms with E-state index in [2.05, 4.69) is 15.2 Å². The van der Waals surface area contributed by atoms with Crippen molar-refractivity contribution in [3.05, 3.63) is 42.0 Å². The number of methoxy groups -OCH3 is 1. The van der Waals surface area contributed by atoms with E-state index in [0.717, 1.165) is 12.8 Å². The minimum atomic E-state index is -0.0110. The molecular formula is C18H21N5O3. The van der Waals surface area contributed by atoms with E-state index in [4.69, 9.17) is 4.74 Å². The second-order valence-electron chi connectivity index (χ2n) is 6.74. The minimum absolute atomic E-state index is 0.0110. The molecule has 2 atom stereocenters. The molecule has 1 aromatic heterocycles. The number of ether oxygens (including phenoxy) is 1. The van der Waals surface area contributed by atoms with Crippen LogP contribution in [-0.2, 0) is 11.2 Å². The molecule has 26 heavy (non-hydrogen) atoms. The molecular weight excluding hydrogens is 334 g/mol. The molecule has 2 aliphatic heterocycles. The van der Waals surface area contributed by atoms with Crippen molar-refractivity contribution < 1.29 is 14.3 Å². The normalized spacial score (nSPS) is 21.7. The molecule has 0 aliphatic carbocycles. The number of H-pyrrole nitrogens is 1. The molecule has 1 aromatic carbocycles. The average molecular weight is 355 g/mol. The van der Waals surface area contributed by atoms with Gasteiger partial charge in [-0.25, -0.2) is 4.98 Å². The number of carbonyl (C=O) groups is 2. The molecule has 2 aliphatic rings. The summed E-state index contributed by atoms with van der Waals surface area (Å²) in [4.78, 5) is 33.4. The number of likely N-dealkylation sites (tertiary alicyclic amines) is 1. The molecule has 3 heterocycles. The van der Waals surface area contributed by atoms with Gasteiger partial charge >= 0.3 is 0 Å². The first-order chi connectivity index (χ1) is 12.7.